The van der Waals surface area contributed by atoms with Crippen LogP contribution >= 0.6 is 0 Å². The molecule has 1 rings (SSSR count). The van der Waals surface area contributed by atoms with Crippen LogP contribution in [0.2, 0.25) is 0 Å². The van der Waals surface area contributed by atoms with Gasteiger partial charge in [0.2, 0.25) is 5.91 Å². The van der Waals surface area contributed by atoms with Gasteiger partial charge in [-0.1, -0.05) is 6.92 Å². The molecule has 2 amide bonds. The minimum atomic E-state index is -4.56. The molecule has 17 heavy (non-hydrogen) atoms. The summed E-state index contributed by atoms with van der Waals surface area (Å²) >= 11 is 0. The fourth-order valence-electron chi connectivity index (χ4n) is 1.57. The van der Waals surface area contributed by atoms with Crippen LogP contribution in [-0.4, -0.2) is 48.8 Å². The number of halogens is 3. The molecular weight excluding hydrogens is 241 g/mol. The zero-order valence-electron chi connectivity index (χ0n) is 9.21. The Bertz CT molecular complexity index is 306. The predicted molar refractivity (Wildman–Crippen MR) is 51.2 cm³/mol. The number of rotatable bonds is 2. The third-order valence-corrected chi connectivity index (χ3v) is 2.31. The van der Waals surface area contributed by atoms with Crippen molar-refractivity contribution in [3.8, 4) is 0 Å². The van der Waals surface area contributed by atoms with Gasteiger partial charge in [-0.3, -0.25) is 9.69 Å². The highest BCUT2D eigenvalue weighted by Gasteiger charge is 2.35. The monoisotopic (exact) mass is 254 g/mol. The Morgan fingerprint density at radius 2 is 2.24 bits per heavy atom. The molecule has 0 saturated carbocycles. The summed E-state index contributed by atoms with van der Waals surface area (Å²) in [6.45, 7) is 0.400. The van der Waals surface area contributed by atoms with E-state index in [0.29, 0.717) is 6.42 Å². The Morgan fingerprint density at radius 1 is 1.59 bits per heavy atom. The summed E-state index contributed by atoms with van der Waals surface area (Å²) in [7, 11) is 0. The zero-order valence-corrected chi connectivity index (χ0v) is 9.21. The van der Waals surface area contributed by atoms with Gasteiger partial charge < -0.3 is 10.1 Å². The minimum Gasteiger partial charge on any atom is -0.440 e. The molecule has 1 N–H and O–H groups in total. The first-order chi connectivity index (χ1) is 7.85. The van der Waals surface area contributed by atoms with Crippen molar-refractivity contribution in [2.45, 2.75) is 25.6 Å². The number of carbonyl (C=O) groups is 2. The van der Waals surface area contributed by atoms with Gasteiger partial charge in [-0.15, -0.1) is 0 Å². The van der Waals surface area contributed by atoms with Crippen LogP contribution in [0.4, 0.5) is 18.0 Å². The molecule has 0 aliphatic carbocycles. The van der Waals surface area contributed by atoms with Crippen LogP contribution in [-0.2, 0) is 9.53 Å². The van der Waals surface area contributed by atoms with Crippen molar-refractivity contribution in [3.05, 3.63) is 0 Å². The number of amides is 2. The van der Waals surface area contributed by atoms with Crippen LogP contribution in [0.1, 0.15) is 13.3 Å². The van der Waals surface area contributed by atoms with E-state index in [4.69, 9.17) is 0 Å². The number of piperazine rings is 1. The molecule has 98 valence electrons. The average Bonchev–Trinajstić information content (AvgIpc) is 2.24. The van der Waals surface area contributed by atoms with Gasteiger partial charge in [0.25, 0.3) is 0 Å². The second-order valence-corrected chi connectivity index (χ2v) is 3.58. The van der Waals surface area contributed by atoms with Gasteiger partial charge in [-0.2, -0.15) is 13.2 Å². The van der Waals surface area contributed by atoms with Crippen LogP contribution in [0.3, 0.4) is 0 Å². The van der Waals surface area contributed by atoms with E-state index in [2.05, 4.69) is 10.1 Å². The molecule has 8 heteroatoms. The Hall–Kier alpha value is -1.47. The zero-order chi connectivity index (χ0) is 13.1. The molecule has 0 aromatic carbocycles. The van der Waals surface area contributed by atoms with Crippen molar-refractivity contribution in [3.63, 3.8) is 0 Å². The van der Waals surface area contributed by atoms with E-state index in [1.165, 1.54) is 0 Å². The summed E-state index contributed by atoms with van der Waals surface area (Å²) < 4.78 is 39.7. The van der Waals surface area contributed by atoms with Crippen LogP contribution in [0, 0.1) is 0 Å². The summed E-state index contributed by atoms with van der Waals surface area (Å²) in [5, 5.41) is 2.53. The van der Waals surface area contributed by atoms with Gasteiger partial charge in [0.15, 0.2) is 6.61 Å². The van der Waals surface area contributed by atoms with E-state index in [1.54, 1.807) is 6.92 Å². The fraction of sp³-hybridized carbons (Fsp3) is 0.778. The Labute approximate surface area is 95.9 Å². The first kappa shape index (κ1) is 13.6. The number of ether oxygens (including phenoxy) is 1. The molecule has 1 saturated heterocycles. The van der Waals surface area contributed by atoms with Crippen molar-refractivity contribution in [2.24, 2.45) is 0 Å². The third-order valence-electron chi connectivity index (χ3n) is 2.31. The standard InChI is InChI=1S/C9H13F3N2O3/c1-2-6-7(15)13-3-4-14(6)8(16)17-5-9(10,11)12/h6H,2-5H2,1H3,(H,13,15). The summed E-state index contributed by atoms with van der Waals surface area (Å²) in [4.78, 5) is 23.8. The number of alkyl halides is 3. The first-order valence-electron chi connectivity index (χ1n) is 5.13. The van der Waals surface area contributed by atoms with Crippen molar-refractivity contribution < 1.29 is 27.5 Å². The van der Waals surface area contributed by atoms with Crippen LogP contribution in [0.5, 0.6) is 0 Å². The van der Waals surface area contributed by atoms with Gasteiger partial charge in [-0.25, -0.2) is 4.79 Å². The lowest BCUT2D eigenvalue weighted by Crippen LogP contribution is -2.57. The predicted octanol–water partition coefficient (Wildman–Crippen LogP) is 0.896. The fourth-order valence-corrected chi connectivity index (χ4v) is 1.57. The second-order valence-electron chi connectivity index (χ2n) is 3.58. The van der Waals surface area contributed by atoms with E-state index in [9.17, 15) is 22.8 Å². The SMILES string of the molecule is CCC1C(=O)NCCN1C(=O)OCC(F)(F)F. The molecule has 1 atom stereocenters. The highest BCUT2D eigenvalue weighted by atomic mass is 19.4. The lowest BCUT2D eigenvalue weighted by atomic mass is 10.1. The van der Waals surface area contributed by atoms with E-state index in [1.807, 2.05) is 0 Å². The van der Waals surface area contributed by atoms with Crippen LogP contribution in [0.15, 0.2) is 0 Å². The first-order valence-corrected chi connectivity index (χ1v) is 5.13. The second kappa shape index (κ2) is 5.24. The topological polar surface area (TPSA) is 58.6 Å². The molecule has 1 fully saturated rings. The molecule has 5 nitrogen and oxygen atoms in total. The Balaban J connectivity index is 2.57. The summed E-state index contributed by atoms with van der Waals surface area (Å²) in [5.41, 5.74) is 0. The van der Waals surface area contributed by atoms with Gasteiger partial charge in [-0.05, 0) is 6.42 Å². The van der Waals surface area contributed by atoms with Gasteiger partial charge in [0.1, 0.15) is 6.04 Å². The van der Waals surface area contributed by atoms with E-state index in [0.717, 1.165) is 4.90 Å². The molecule has 1 aliphatic rings. The quantitative estimate of drug-likeness (QED) is 0.796. The van der Waals surface area contributed by atoms with Crippen molar-refractivity contribution in [1.29, 1.82) is 0 Å². The number of hydrogen-bond acceptors (Lipinski definition) is 3. The third kappa shape index (κ3) is 3.79. The van der Waals surface area contributed by atoms with E-state index in [-0.39, 0.29) is 19.0 Å². The normalized spacial score (nSPS) is 21.1. The molecule has 0 aromatic rings. The highest BCUT2D eigenvalue weighted by Crippen LogP contribution is 2.16. The number of nitrogens with zero attached hydrogens (tertiary/aromatic N) is 1. The Kier molecular flexibility index (Phi) is 4.19. The largest absolute Gasteiger partial charge is 0.440 e. The number of nitrogens with one attached hydrogen (secondary N) is 1. The Morgan fingerprint density at radius 3 is 2.76 bits per heavy atom. The molecule has 0 spiro atoms. The molecule has 1 unspecified atom stereocenters. The summed E-state index contributed by atoms with van der Waals surface area (Å²) in [6, 6.07) is -0.760. The molecule has 1 heterocycles. The van der Waals surface area contributed by atoms with Crippen molar-refractivity contribution in [1.82, 2.24) is 10.2 Å². The number of carbonyl (C=O) groups excluding carboxylic acids is 2. The maximum atomic E-state index is 11.9. The smallest absolute Gasteiger partial charge is 0.422 e. The molecular formula is C9H13F3N2O3. The molecule has 0 radical (unpaired) electrons. The minimum absolute atomic E-state index is 0.154. The summed E-state index contributed by atoms with van der Waals surface area (Å²) in [6.07, 6.45) is -5.34. The van der Waals surface area contributed by atoms with Gasteiger partial charge in [0.05, 0.1) is 0 Å². The maximum Gasteiger partial charge on any atom is 0.422 e. The highest BCUT2D eigenvalue weighted by molar-refractivity contribution is 5.86. The van der Waals surface area contributed by atoms with Crippen molar-refractivity contribution >= 4 is 12.0 Å². The summed E-state index contributed by atoms with van der Waals surface area (Å²) in [5.74, 6) is -0.372. The maximum absolute atomic E-state index is 11.9. The molecule has 0 bridgehead atoms. The van der Waals surface area contributed by atoms with Crippen molar-refractivity contribution in [2.75, 3.05) is 19.7 Å². The molecule has 1 aliphatic heterocycles. The average molecular weight is 254 g/mol. The lowest BCUT2D eigenvalue weighted by molar-refractivity contribution is -0.163. The van der Waals surface area contributed by atoms with E-state index < -0.39 is 24.9 Å². The van der Waals surface area contributed by atoms with Crippen LogP contribution < -0.4 is 5.32 Å². The van der Waals surface area contributed by atoms with E-state index >= 15 is 0 Å². The lowest BCUT2D eigenvalue weighted by Gasteiger charge is -2.33. The van der Waals surface area contributed by atoms with Gasteiger partial charge >= 0.3 is 12.3 Å². The van der Waals surface area contributed by atoms with Gasteiger partial charge in [0, 0.05) is 13.1 Å². The van der Waals surface area contributed by atoms with Crippen LogP contribution in [0.25, 0.3) is 0 Å². The number of hydrogen-bond donors (Lipinski definition) is 1. The molecule has 0 aromatic heterocycles.